The first-order valence-corrected chi connectivity index (χ1v) is 6.68. The quantitative estimate of drug-likeness (QED) is 0.615. The molecule has 0 aromatic carbocycles. The van der Waals surface area contributed by atoms with Gasteiger partial charge in [-0.15, -0.1) is 0 Å². The molecule has 1 heterocycles. The Labute approximate surface area is 99.0 Å². The van der Waals surface area contributed by atoms with Gasteiger partial charge in [0.05, 0.1) is 0 Å². The van der Waals surface area contributed by atoms with Gasteiger partial charge in [0.2, 0.25) is 0 Å². The van der Waals surface area contributed by atoms with Crippen LogP contribution >= 0.6 is 11.8 Å². The molecule has 16 heavy (non-hydrogen) atoms. The van der Waals surface area contributed by atoms with Crippen LogP contribution < -0.4 is 11.3 Å². The minimum absolute atomic E-state index is 0.105. The number of thioether (sulfide) groups is 1. The maximum atomic E-state index is 11.1. The van der Waals surface area contributed by atoms with E-state index in [1.54, 1.807) is 0 Å². The van der Waals surface area contributed by atoms with Crippen molar-refractivity contribution in [2.75, 3.05) is 5.75 Å². The highest BCUT2D eigenvalue weighted by atomic mass is 32.2. The first-order chi connectivity index (χ1) is 7.75. The zero-order valence-electron chi connectivity index (χ0n) is 9.19. The SMILES string of the molecule is NC(CSc1nccc(=O)[nH]1)C1CCCC1. The number of hydrogen-bond donors (Lipinski definition) is 2. The lowest BCUT2D eigenvalue weighted by Gasteiger charge is -2.17. The lowest BCUT2D eigenvalue weighted by Crippen LogP contribution is -2.30. The average molecular weight is 239 g/mol. The lowest BCUT2D eigenvalue weighted by atomic mass is 10.0. The van der Waals surface area contributed by atoms with Gasteiger partial charge in [0.1, 0.15) is 0 Å². The molecule has 5 heteroatoms. The summed E-state index contributed by atoms with van der Waals surface area (Å²) in [5, 5.41) is 0.668. The fourth-order valence-corrected chi connectivity index (χ4v) is 3.05. The van der Waals surface area contributed by atoms with Crippen molar-refractivity contribution in [3.63, 3.8) is 0 Å². The fraction of sp³-hybridized carbons (Fsp3) is 0.636. The van der Waals surface area contributed by atoms with Gasteiger partial charge in [0, 0.05) is 24.1 Å². The van der Waals surface area contributed by atoms with E-state index in [4.69, 9.17) is 5.73 Å². The standard InChI is InChI=1S/C11H17N3OS/c12-9(8-3-1-2-4-8)7-16-11-13-6-5-10(15)14-11/h5-6,8-9H,1-4,7,12H2,(H,13,14,15). The summed E-state index contributed by atoms with van der Waals surface area (Å²) in [5.41, 5.74) is 6.02. The second kappa shape index (κ2) is 5.50. The number of H-pyrrole nitrogens is 1. The Balaban J connectivity index is 1.84. The Morgan fingerprint density at radius 3 is 3.00 bits per heavy atom. The summed E-state index contributed by atoms with van der Waals surface area (Å²) in [4.78, 5) is 17.8. The largest absolute Gasteiger partial charge is 0.327 e. The number of rotatable bonds is 4. The second-order valence-corrected chi connectivity index (χ2v) is 5.27. The van der Waals surface area contributed by atoms with Gasteiger partial charge in [0.15, 0.2) is 5.16 Å². The fourth-order valence-electron chi connectivity index (χ4n) is 2.12. The van der Waals surface area contributed by atoms with Crippen LogP contribution in [0, 0.1) is 5.92 Å². The van der Waals surface area contributed by atoms with Gasteiger partial charge < -0.3 is 10.7 Å². The van der Waals surface area contributed by atoms with Crippen LogP contribution in [0.4, 0.5) is 0 Å². The number of hydrogen-bond acceptors (Lipinski definition) is 4. The number of nitrogens with one attached hydrogen (secondary N) is 1. The molecule has 1 saturated carbocycles. The van der Waals surface area contributed by atoms with Crippen LogP contribution in [0.3, 0.4) is 0 Å². The van der Waals surface area contributed by atoms with E-state index >= 15 is 0 Å². The highest BCUT2D eigenvalue weighted by Gasteiger charge is 2.21. The summed E-state index contributed by atoms with van der Waals surface area (Å²) in [6.07, 6.45) is 6.65. The van der Waals surface area contributed by atoms with Crippen LogP contribution in [-0.4, -0.2) is 21.8 Å². The van der Waals surface area contributed by atoms with Crippen LogP contribution in [0.15, 0.2) is 22.2 Å². The number of aromatic nitrogens is 2. The van der Waals surface area contributed by atoms with Crippen molar-refractivity contribution in [1.82, 2.24) is 9.97 Å². The maximum Gasteiger partial charge on any atom is 0.251 e. The summed E-state index contributed by atoms with van der Waals surface area (Å²) in [7, 11) is 0. The molecule has 0 saturated heterocycles. The van der Waals surface area contributed by atoms with Crippen molar-refractivity contribution < 1.29 is 0 Å². The molecule has 3 N–H and O–H groups in total. The first kappa shape index (κ1) is 11.7. The number of nitrogens with two attached hydrogens (primary N) is 1. The van der Waals surface area contributed by atoms with Crippen molar-refractivity contribution in [3.05, 3.63) is 22.6 Å². The van der Waals surface area contributed by atoms with Gasteiger partial charge in [-0.05, 0) is 18.8 Å². The molecule has 88 valence electrons. The van der Waals surface area contributed by atoms with E-state index in [-0.39, 0.29) is 11.6 Å². The maximum absolute atomic E-state index is 11.1. The smallest absolute Gasteiger partial charge is 0.251 e. The normalized spacial score (nSPS) is 18.8. The summed E-state index contributed by atoms with van der Waals surface area (Å²) >= 11 is 1.54. The van der Waals surface area contributed by atoms with E-state index in [2.05, 4.69) is 9.97 Å². The molecule has 1 aliphatic carbocycles. The summed E-state index contributed by atoms with van der Waals surface area (Å²) in [5.74, 6) is 1.49. The van der Waals surface area contributed by atoms with E-state index in [9.17, 15) is 4.79 Å². The van der Waals surface area contributed by atoms with E-state index in [1.165, 1.54) is 49.7 Å². The average Bonchev–Trinajstić information content (AvgIpc) is 2.79. The summed E-state index contributed by atoms with van der Waals surface area (Å²) in [6.45, 7) is 0. The van der Waals surface area contributed by atoms with Gasteiger partial charge in [-0.3, -0.25) is 4.79 Å². The molecular weight excluding hydrogens is 222 g/mol. The highest BCUT2D eigenvalue weighted by molar-refractivity contribution is 7.99. The van der Waals surface area contributed by atoms with E-state index in [0.29, 0.717) is 11.1 Å². The van der Waals surface area contributed by atoms with E-state index in [0.717, 1.165) is 5.75 Å². The molecule has 1 unspecified atom stereocenters. The zero-order chi connectivity index (χ0) is 11.4. The van der Waals surface area contributed by atoms with Crippen LogP contribution in [0.1, 0.15) is 25.7 Å². The first-order valence-electron chi connectivity index (χ1n) is 5.69. The molecule has 2 rings (SSSR count). The van der Waals surface area contributed by atoms with Crippen molar-refractivity contribution >= 4 is 11.8 Å². The molecule has 4 nitrogen and oxygen atoms in total. The molecule has 0 aliphatic heterocycles. The van der Waals surface area contributed by atoms with Crippen molar-refractivity contribution in [2.24, 2.45) is 11.7 Å². The minimum Gasteiger partial charge on any atom is -0.327 e. The third-order valence-corrected chi connectivity index (χ3v) is 4.10. The lowest BCUT2D eigenvalue weighted by molar-refractivity contribution is 0.463. The zero-order valence-corrected chi connectivity index (χ0v) is 10.0. The molecular formula is C11H17N3OS. The predicted molar refractivity (Wildman–Crippen MR) is 65.5 cm³/mol. The molecule has 1 aromatic heterocycles. The van der Waals surface area contributed by atoms with E-state index < -0.39 is 0 Å². The van der Waals surface area contributed by atoms with Crippen molar-refractivity contribution in [2.45, 2.75) is 36.9 Å². The van der Waals surface area contributed by atoms with Crippen molar-refractivity contribution in [3.8, 4) is 0 Å². The Kier molecular flexibility index (Phi) is 4.01. The van der Waals surface area contributed by atoms with Gasteiger partial charge >= 0.3 is 0 Å². The van der Waals surface area contributed by atoms with Gasteiger partial charge in [-0.1, -0.05) is 24.6 Å². The molecule has 0 amide bonds. The Morgan fingerprint density at radius 1 is 1.56 bits per heavy atom. The summed E-state index contributed by atoms with van der Waals surface area (Å²) in [6, 6.07) is 1.64. The van der Waals surface area contributed by atoms with Crippen molar-refractivity contribution in [1.29, 1.82) is 0 Å². The van der Waals surface area contributed by atoms with Gasteiger partial charge in [-0.2, -0.15) is 0 Å². The van der Waals surface area contributed by atoms with Crippen LogP contribution in [0.2, 0.25) is 0 Å². The topological polar surface area (TPSA) is 71.8 Å². The Hall–Kier alpha value is -0.810. The van der Waals surface area contributed by atoms with Gasteiger partial charge in [0.25, 0.3) is 5.56 Å². The van der Waals surface area contributed by atoms with Crippen LogP contribution in [0.25, 0.3) is 0 Å². The van der Waals surface area contributed by atoms with Crippen LogP contribution in [-0.2, 0) is 0 Å². The molecule has 0 radical (unpaired) electrons. The minimum atomic E-state index is -0.105. The molecule has 0 bridgehead atoms. The Bertz CT molecular complexity index is 387. The number of aromatic amines is 1. The van der Waals surface area contributed by atoms with Gasteiger partial charge in [-0.25, -0.2) is 4.98 Å². The predicted octanol–water partition coefficient (Wildman–Crippen LogP) is 1.38. The monoisotopic (exact) mass is 239 g/mol. The molecule has 1 fully saturated rings. The molecule has 1 aliphatic rings. The Morgan fingerprint density at radius 2 is 2.31 bits per heavy atom. The summed E-state index contributed by atoms with van der Waals surface area (Å²) < 4.78 is 0. The molecule has 1 aromatic rings. The number of nitrogens with zero attached hydrogens (tertiary/aromatic N) is 1. The third-order valence-electron chi connectivity index (χ3n) is 3.07. The molecule has 0 spiro atoms. The van der Waals surface area contributed by atoms with Crippen LogP contribution in [0.5, 0.6) is 0 Å². The second-order valence-electron chi connectivity index (χ2n) is 4.26. The highest BCUT2D eigenvalue weighted by Crippen LogP contribution is 2.28. The van der Waals surface area contributed by atoms with E-state index in [1.807, 2.05) is 0 Å². The molecule has 1 atom stereocenters. The third kappa shape index (κ3) is 3.09.